The van der Waals surface area contributed by atoms with Crippen molar-refractivity contribution in [2.75, 3.05) is 11.9 Å². The number of nitrogens with zero attached hydrogens (tertiary/aromatic N) is 1. The van der Waals surface area contributed by atoms with Crippen LogP contribution in [0.25, 0.3) is 0 Å². The van der Waals surface area contributed by atoms with E-state index in [1.165, 1.54) is 23.1 Å². The van der Waals surface area contributed by atoms with Gasteiger partial charge in [-0.1, -0.05) is 35.9 Å². The number of alkyl halides is 3. The second-order valence-corrected chi connectivity index (χ2v) is 8.46. The molecule has 0 atom stereocenters. The van der Waals surface area contributed by atoms with E-state index in [1.807, 2.05) is 0 Å². The van der Waals surface area contributed by atoms with Gasteiger partial charge in [0.25, 0.3) is 5.91 Å². The Kier molecular flexibility index (Phi) is 6.80. The van der Waals surface area contributed by atoms with Crippen LogP contribution in [0.2, 0.25) is 5.02 Å². The Labute approximate surface area is 202 Å². The first-order valence-electron chi connectivity index (χ1n) is 10.5. The molecule has 1 aliphatic rings. The van der Waals surface area contributed by atoms with E-state index < -0.39 is 35.2 Å². The van der Waals surface area contributed by atoms with Crippen molar-refractivity contribution < 1.29 is 31.5 Å². The fourth-order valence-corrected chi connectivity index (χ4v) is 4.23. The summed E-state index contributed by atoms with van der Waals surface area (Å²) in [4.78, 5) is 26.8. The van der Waals surface area contributed by atoms with Crippen LogP contribution in [-0.2, 0) is 30.4 Å². The van der Waals surface area contributed by atoms with Crippen LogP contribution in [0.3, 0.4) is 0 Å². The second kappa shape index (κ2) is 9.65. The minimum absolute atomic E-state index is 0.0396. The lowest BCUT2D eigenvalue weighted by Crippen LogP contribution is -2.36. The maximum atomic E-state index is 14.0. The number of carbonyl (C=O) groups excluding carboxylic acids is 2. The molecule has 10 heteroatoms. The number of amides is 2. The fourth-order valence-electron chi connectivity index (χ4n) is 4.01. The number of fused-ring (bicyclic) bond motifs is 1. The highest BCUT2D eigenvalue weighted by Crippen LogP contribution is 2.34. The Hall–Kier alpha value is -3.46. The van der Waals surface area contributed by atoms with E-state index in [0.717, 1.165) is 6.07 Å². The Morgan fingerprint density at radius 2 is 1.74 bits per heavy atom. The van der Waals surface area contributed by atoms with Crippen LogP contribution in [0, 0.1) is 11.6 Å². The van der Waals surface area contributed by atoms with E-state index in [0.29, 0.717) is 35.4 Å². The van der Waals surface area contributed by atoms with E-state index >= 15 is 0 Å². The normalized spacial score (nSPS) is 13.4. The van der Waals surface area contributed by atoms with Crippen molar-refractivity contribution in [3.63, 3.8) is 0 Å². The largest absolute Gasteiger partial charge is 0.419 e. The SMILES string of the molecule is O=C(Cc1ccc(C(F)(F)F)c(F)c1)Nc1c(Cl)ccc2c1CCN(C(=O)c1ccccc1F)C2. The molecule has 0 saturated carbocycles. The Bertz CT molecular complexity index is 1310. The highest BCUT2D eigenvalue weighted by molar-refractivity contribution is 6.34. The third kappa shape index (κ3) is 5.30. The first-order valence-corrected chi connectivity index (χ1v) is 10.9. The molecule has 0 fully saturated rings. The predicted octanol–water partition coefficient (Wildman–Crippen LogP) is 6.02. The summed E-state index contributed by atoms with van der Waals surface area (Å²) in [6, 6.07) is 11.3. The molecule has 1 aliphatic heterocycles. The molecule has 0 aromatic heterocycles. The number of hydrogen-bond acceptors (Lipinski definition) is 2. The van der Waals surface area contributed by atoms with Gasteiger partial charge in [-0.3, -0.25) is 9.59 Å². The standard InChI is InChI=1S/C25H18ClF5N2O2/c26-19-8-6-15-13-33(24(35)17-3-1-2-4-20(17)27)10-9-16(15)23(19)32-22(34)12-14-5-7-18(21(28)11-14)25(29,30)31/h1-8,11H,9-10,12-13H2,(H,32,34). The minimum Gasteiger partial charge on any atom is -0.334 e. The minimum atomic E-state index is -4.83. The average Bonchev–Trinajstić information content (AvgIpc) is 2.79. The van der Waals surface area contributed by atoms with Gasteiger partial charge in [-0.25, -0.2) is 8.78 Å². The highest BCUT2D eigenvalue weighted by Gasteiger charge is 2.34. The highest BCUT2D eigenvalue weighted by atomic mass is 35.5. The first-order chi connectivity index (χ1) is 16.5. The van der Waals surface area contributed by atoms with Crippen molar-refractivity contribution in [2.24, 2.45) is 0 Å². The van der Waals surface area contributed by atoms with Crippen LogP contribution >= 0.6 is 11.6 Å². The summed E-state index contributed by atoms with van der Waals surface area (Å²) in [5, 5.41) is 2.90. The van der Waals surface area contributed by atoms with Crippen molar-refractivity contribution in [3.05, 3.63) is 99.1 Å². The summed E-state index contributed by atoms with van der Waals surface area (Å²) in [6.45, 7) is 0.431. The van der Waals surface area contributed by atoms with E-state index in [2.05, 4.69) is 5.32 Å². The lowest BCUT2D eigenvalue weighted by Gasteiger charge is -2.30. The number of carbonyl (C=O) groups is 2. The van der Waals surface area contributed by atoms with Crippen LogP contribution in [0.15, 0.2) is 54.6 Å². The van der Waals surface area contributed by atoms with E-state index in [-0.39, 0.29) is 35.7 Å². The molecule has 4 rings (SSSR count). The van der Waals surface area contributed by atoms with Gasteiger partial charge in [-0.15, -0.1) is 0 Å². The zero-order valence-electron chi connectivity index (χ0n) is 18.1. The molecule has 1 heterocycles. The molecule has 0 bridgehead atoms. The molecular weight excluding hydrogens is 491 g/mol. The molecule has 1 N–H and O–H groups in total. The van der Waals surface area contributed by atoms with Crippen LogP contribution in [0.5, 0.6) is 0 Å². The van der Waals surface area contributed by atoms with Gasteiger partial charge in [0, 0.05) is 13.1 Å². The summed E-state index contributed by atoms with van der Waals surface area (Å²) in [6.07, 6.45) is -4.86. The van der Waals surface area contributed by atoms with E-state index in [1.54, 1.807) is 18.2 Å². The number of anilines is 1. The number of nitrogens with one attached hydrogen (secondary N) is 1. The van der Waals surface area contributed by atoms with Gasteiger partial charge >= 0.3 is 6.18 Å². The summed E-state index contributed by atoms with van der Waals surface area (Å²) >= 11 is 6.29. The molecule has 0 radical (unpaired) electrons. The Morgan fingerprint density at radius 3 is 2.43 bits per heavy atom. The van der Waals surface area contributed by atoms with Gasteiger partial charge in [-0.2, -0.15) is 13.2 Å². The lowest BCUT2D eigenvalue weighted by atomic mass is 9.96. The molecule has 3 aromatic carbocycles. The third-order valence-corrected chi connectivity index (χ3v) is 6.03. The average molecular weight is 509 g/mol. The maximum Gasteiger partial charge on any atom is 0.419 e. The van der Waals surface area contributed by atoms with Gasteiger partial charge in [0.15, 0.2) is 0 Å². The molecule has 4 nitrogen and oxygen atoms in total. The zero-order valence-corrected chi connectivity index (χ0v) is 18.8. The fraction of sp³-hybridized carbons (Fsp3) is 0.200. The summed E-state index contributed by atoms with van der Waals surface area (Å²) in [5.74, 6) is -3.13. The number of benzene rings is 3. The van der Waals surface area contributed by atoms with E-state index in [9.17, 15) is 31.5 Å². The van der Waals surface area contributed by atoms with Crippen molar-refractivity contribution in [1.29, 1.82) is 0 Å². The number of halogens is 6. The van der Waals surface area contributed by atoms with Crippen molar-refractivity contribution in [1.82, 2.24) is 4.90 Å². The van der Waals surface area contributed by atoms with Gasteiger partial charge in [0.1, 0.15) is 11.6 Å². The molecule has 3 aromatic rings. The van der Waals surface area contributed by atoms with Crippen LogP contribution in [-0.4, -0.2) is 23.3 Å². The zero-order chi connectivity index (χ0) is 25.3. The first kappa shape index (κ1) is 24.7. The van der Waals surface area contributed by atoms with Gasteiger partial charge < -0.3 is 10.2 Å². The lowest BCUT2D eigenvalue weighted by molar-refractivity contribution is -0.140. The second-order valence-electron chi connectivity index (χ2n) is 8.05. The van der Waals surface area contributed by atoms with Crippen molar-refractivity contribution in [2.45, 2.75) is 25.6 Å². The van der Waals surface area contributed by atoms with Crippen LogP contribution < -0.4 is 5.32 Å². The van der Waals surface area contributed by atoms with Crippen LogP contribution in [0.4, 0.5) is 27.6 Å². The monoisotopic (exact) mass is 508 g/mol. The smallest absolute Gasteiger partial charge is 0.334 e. The van der Waals surface area contributed by atoms with Crippen molar-refractivity contribution >= 4 is 29.1 Å². The number of hydrogen-bond donors (Lipinski definition) is 1. The maximum absolute atomic E-state index is 14.0. The third-order valence-electron chi connectivity index (χ3n) is 5.71. The Morgan fingerprint density at radius 1 is 1.00 bits per heavy atom. The summed E-state index contributed by atoms with van der Waals surface area (Å²) in [7, 11) is 0. The molecule has 35 heavy (non-hydrogen) atoms. The quantitative estimate of drug-likeness (QED) is 0.438. The summed E-state index contributed by atoms with van der Waals surface area (Å²) < 4.78 is 66.1. The molecule has 0 unspecified atom stereocenters. The van der Waals surface area contributed by atoms with Crippen LogP contribution in [0.1, 0.15) is 32.6 Å². The van der Waals surface area contributed by atoms with E-state index in [4.69, 9.17) is 11.6 Å². The van der Waals surface area contributed by atoms with Crippen molar-refractivity contribution in [3.8, 4) is 0 Å². The Balaban J connectivity index is 1.50. The molecule has 0 spiro atoms. The topological polar surface area (TPSA) is 49.4 Å². The molecular formula is C25H18ClF5N2O2. The van der Waals surface area contributed by atoms with Gasteiger partial charge in [0.05, 0.1) is 28.3 Å². The molecule has 0 saturated heterocycles. The molecule has 2 amide bonds. The predicted molar refractivity (Wildman–Crippen MR) is 120 cm³/mol. The summed E-state index contributed by atoms with van der Waals surface area (Å²) in [5.41, 5.74) is 0.344. The number of rotatable bonds is 4. The van der Waals surface area contributed by atoms with Gasteiger partial charge in [-0.05, 0) is 53.4 Å². The van der Waals surface area contributed by atoms with Gasteiger partial charge in [0.2, 0.25) is 5.91 Å². The molecule has 182 valence electrons. The molecule has 0 aliphatic carbocycles.